The Labute approximate surface area is 119 Å². The molecule has 1 heterocycles. The highest BCUT2D eigenvalue weighted by molar-refractivity contribution is 8.00. The van der Waals surface area contributed by atoms with Gasteiger partial charge in [0.1, 0.15) is 0 Å². The highest BCUT2D eigenvalue weighted by Gasteiger charge is 2.27. The minimum Gasteiger partial charge on any atom is -0.481 e. The molecule has 4 nitrogen and oxygen atoms in total. The molecule has 0 aromatic carbocycles. The maximum Gasteiger partial charge on any atom is 0.303 e. The zero-order chi connectivity index (χ0) is 14.3. The van der Waals surface area contributed by atoms with E-state index in [1.54, 1.807) is 0 Å². The first-order chi connectivity index (χ1) is 8.99. The van der Waals surface area contributed by atoms with E-state index >= 15 is 0 Å². The lowest BCUT2D eigenvalue weighted by Crippen LogP contribution is -2.28. The number of hydrogen-bond acceptors (Lipinski definition) is 3. The largest absolute Gasteiger partial charge is 0.481 e. The van der Waals surface area contributed by atoms with Crippen molar-refractivity contribution in [3.05, 3.63) is 0 Å². The van der Waals surface area contributed by atoms with Gasteiger partial charge in [-0.1, -0.05) is 13.3 Å². The van der Waals surface area contributed by atoms with Gasteiger partial charge in [-0.05, 0) is 30.9 Å². The van der Waals surface area contributed by atoms with Crippen molar-refractivity contribution < 1.29 is 14.7 Å². The Morgan fingerprint density at radius 3 is 2.79 bits per heavy atom. The minimum absolute atomic E-state index is 0.146. The lowest BCUT2D eigenvalue weighted by atomic mass is 9.91. The van der Waals surface area contributed by atoms with Gasteiger partial charge in [0.25, 0.3) is 0 Å². The van der Waals surface area contributed by atoms with Gasteiger partial charge in [-0.3, -0.25) is 9.59 Å². The molecule has 108 valence electrons. The van der Waals surface area contributed by atoms with E-state index in [4.69, 9.17) is 5.11 Å². The van der Waals surface area contributed by atoms with Gasteiger partial charge >= 0.3 is 5.97 Å². The average Bonchev–Trinajstić information content (AvgIpc) is 2.33. The quantitative estimate of drug-likeness (QED) is 0.602. The number of carbonyl (C=O) groups is 2. The Balaban J connectivity index is 2.43. The van der Waals surface area contributed by atoms with Crippen molar-refractivity contribution in [2.24, 2.45) is 16.8 Å². The summed E-state index contributed by atoms with van der Waals surface area (Å²) in [5.74, 6) is 1.28. The van der Waals surface area contributed by atoms with Crippen molar-refractivity contribution in [2.75, 3.05) is 5.75 Å². The van der Waals surface area contributed by atoms with Gasteiger partial charge in [0.2, 0.25) is 5.91 Å². The van der Waals surface area contributed by atoms with E-state index < -0.39 is 5.97 Å². The summed E-state index contributed by atoms with van der Waals surface area (Å²) < 4.78 is 0. The van der Waals surface area contributed by atoms with Crippen molar-refractivity contribution in [2.45, 2.75) is 51.2 Å². The molecule has 0 spiro atoms. The van der Waals surface area contributed by atoms with E-state index in [1.165, 1.54) is 6.92 Å². The zero-order valence-electron chi connectivity index (χ0n) is 11.7. The molecule has 0 aromatic rings. The molecule has 1 N–H and O–H groups in total. The van der Waals surface area contributed by atoms with Crippen LogP contribution >= 0.6 is 11.8 Å². The predicted molar refractivity (Wildman–Crippen MR) is 78.8 cm³/mol. The topological polar surface area (TPSA) is 66.7 Å². The number of rotatable bonds is 6. The monoisotopic (exact) mass is 285 g/mol. The summed E-state index contributed by atoms with van der Waals surface area (Å²) in [7, 11) is 0. The van der Waals surface area contributed by atoms with Crippen LogP contribution in [0.5, 0.6) is 0 Å². The second-order valence-corrected chi connectivity index (χ2v) is 6.59. The molecule has 1 fully saturated rings. The van der Waals surface area contributed by atoms with Gasteiger partial charge in [-0.15, -0.1) is 0 Å². The third-order valence-electron chi connectivity index (χ3n) is 3.32. The van der Waals surface area contributed by atoms with E-state index in [2.05, 4.69) is 11.9 Å². The molecule has 5 heteroatoms. The molecule has 1 amide bonds. The van der Waals surface area contributed by atoms with Crippen LogP contribution in [0.4, 0.5) is 0 Å². The van der Waals surface area contributed by atoms with Crippen LogP contribution in [0.1, 0.15) is 46.0 Å². The van der Waals surface area contributed by atoms with Crippen molar-refractivity contribution in [3.8, 4) is 0 Å². The second-order valence-electron chi connectivity index (χ2n) is 5.31. The summed E-state index contributed by atoms with van der Waals surface area (Å²) >= 11 is 1.94. The third kappa shape index (κ3) is 6.76. The number of hydrogen-bond donors (Lipinski definition) is 1. The fraction of sp³-hybridized carbons (Fsp3) is 0.786. The maximum absolute atomic E-state index is 10.9. The Kier molecular flexibility index (Phi) is 7.13. The van der Waals surface area contributed by atoms with E-state index in [-0.39, 0.29) is 12.3 Å². The number of nitrogens with zero attached hydrogens (tertiary/aromatic N) is 1. The van der Waals surface area contributed by atoms with Crippen molar-refractivity contribution in [3.63, 3.8) is 0 Å². The minimum atomic E-state index is -0.723. The van der Waals surface area contributed by atoms with E-state index in [1.807, 2.05) is 18.0 Å². The van der Waals surface area contributed by atoms with Gasteiger partial charge in [0.15, 0.2) is 0 Å². The number of aliphatic carboxylic acids is 1. The molecular formula is C14H23NO3S. The molecule has 0 unspecified atom stereocenters. The zero-order valence-corrected chi connectivity index (χ0v) is 12.5. The lowest BCUT2D eigenvalue weighted by molar-refractivity contribution is -0.137. The Hall–Kier alpha value is -0.840. The number of carbonyl (C=O) groups excluding carboxylic acids is 1. The van der Waals surface area contributed by atoms with Crippen LogP contribution in [-0.4, -0.2) is 34.2 Å². The standard InChI is InChI=1S/C14H23NO3S/c1-10-7-12(8-15-11(2)16)13(19-9-10)5-3-4-6-14(17)18/h8,10,12-13H,3-7,9H2,1-2H3,(H,17,18)/b15-8+/t10-,12-,13+/m0/s1. The smallest absolute Gasteiger partial charge is 0.303 e. The second kappa shape index (κ2) is 8.35. The summed E-state index contributed by atoms with van der Waals surface area (Å²) in [4.78, 5) is 25.3. The highest BCUT2D eigenvalue weighted by atomic mass is 32.2. The van der Waals surface area contributed by atoms with E-state index in [9.17, 15) is 9.59 Å². The van der Waals surface area contributed by atoms with E-state index in [0.29, 0.717) is 17.1 Å². The Bertz CT molecular complexity index is 344. The SMILES string of the molecule is CC(=O)/N=C/[C@@H]1C[C@H](C)CS[C@@H]1CCCCC(=O)O. The lowest BCUT2D eigenvalue weighted by Gasteiger charge is -2.32. The van der Waals surface area contributed by atoms with Gasteiger partial charge in [-0.25, -0.2) is 4.99 Å². The average molecular weight is 285 g/mol. The summed E-state index contributed by atoms with van der Waals surface area (Å²) in [6.07, 6.45) is 5.82. The number of amides is 1. The van der Waals surface area contributed by atoms with Crippen LogP contribution in [0.3, 0.4) is 0 Å². The molecule has 1 rings (SSSR count). The Morgan fingerprint density at radius 1 is 1.42 bits per heavy atom. The van der Waals surface area contributed by atoms with Gasteiger partial charge in [0, 0.05) is 30.7 Å². The predicted octanol–water partition coefficient (Wildman–Crippen LogP) is 3.01. The molecule has 19 heavy (non-hydrogen) atoms. The molecular weight excluding hydrogens is 262 g/mol. The summed E-state index contributed by atoms with van der Waals surface area (Å²) in [6, 6.07) is 0. The molecule has 1 saturated heterocycles. The normalized spacial score (nSPS) is 27.6. The van der Waals surface area contributed by atoms with Crippen molar-refractivity contribution >= 4 is 29.9 Å². The molecule has 0 saturated carbocycles. The number of unbranched alkanes of at least 4 members (excludes halogenated alkanes) is 1. The van der Waals surface area contributed by atoms with Crippen molar-refractivity contribution in [1.82, 2.24) is 0 Å². The molecule has 3 atom stereocenters. The molecule has 0 aromatic heterocycles. The molecule has 0 radical (unpaired) electrons. The first kappa shape index (κ1) is 16.2. The molecule has 0 bridgehead atoms. The van der Waals surface area contributed by atoms with Crippen LogP contribution in [0, 0.1) is 11.8 Å². The molecule has 0 aliphatic carbocycles. The fourth-order valence-electron chi connectivity index (χ4n) is 2.37. The van der Waals surface area contributed by atoms with Crippen molar-refractivity contribution in [1.29, 1.82) is 0 Å². The number of thioether (sulfide) groups is 1. The van der Waals surface area contributed by atoms with Crippen LogP contribution < -0.4 is 0 Å². The molecule has 1 aliphatic rings. The summed E-state index contributed by atoms with van der Waals surface area (Å²) in [5.41, 5.74) is 0. The first-order valence-corrected chi connectivity index (χ1v) is 7.92. The van der Waals surface area contributed by atoms with Crippen LogP contribution in [0.2, 0.25) is 0 Å². The van der Waals surface area contributed by atoms with Gasteiger partial charge < -0.3 is 5.11 Å². The maximum atomic E-state index is 10.9. The number of carboxylic acids is 1. The number of carboxylic acid groups (broad SMARTS) is 1. The molecule has 1 aliphatic heterocycles. The van der Waals surface area contributed by atoms with Gasteiger partial charge in [-0.2, -0.15) is 11.8 Å². The summed E-state index contributed by atoms with van der Waals surface area (Å²) in [5, 5.41) is 9.10. The first-order valence-electron chi connectivity index (χ1n) is 6.87. The van der Waals surface area contributed by atoms with Crippen LogP contribution in [-0.2, 0) is 9.59 Å². The third-order valence-corrected chi connectivity index (χ3v) is 5.10. The Morgan fingerprint density at radius 2 is 2.16 bits per heavy atom. The van der Waals surface area contributed by atoms with Crippen LogP contribution in [0.15, 0.2) is 4.99 Å². The number of aliphatic imine (C=N–C) groups is 1. The highest BCUT2D eigenvalue weighted by Crippen LogP contribution is 2.36. The summed E-state index contributed by atoms with van der Waals surface area (Å²) in [6.45, 7) is 3.69. The van der Waals surface area contributed by atoms with Crippen LogP contribution in [0.25, 0.3) is 0 Å². The fourth-order valence-corrected chi connectivity index (χ4v) is 3.85. The van der Waals surface area contributed by atoms with E-state index in [0.717, 1.165) is 31.4 Å². The van der Waals surface area contributed by atoms with Gasteiger partial charge in [0.05, 0.1) is 0 Å².